The van der Waals surface area contributed by atoms with Gasteiger partial charge in [0.1, 0.15) is 11.6 Å². The molecule has 2 rings (SSSR count). The number of nitriles is 1. The van der Waals surface area contributed by atoms with Crippen molar-refractivity contribution in [2.45, 2.75) is 32.5 Å². The van der Waals surface area contributed by atoms with E-state index in [0.717, 1.165) is 10.9 Å². The molecule has 24 heavy (non-hydrogen) atoms. The van der Waals surface area contributed by atoms with Crippen LogP contribution in [0.2, 0.25) is 0 Å². The predicted molar refractivity (Wildman–Crippen MR) is 96.1 cm³/mol. The molecule has 128 valence electrons. The number of nitrogens with one attached hydrogen (secondary N) is 1. The zero-order valence-electron chi connectivity index (χ0n) is 14.0. The molecule has 1 aliphatic rings. The van der Waals surface area contributed by atoms with Gasteiger partial charge in [0, 0.05) is 30.3 Å². The van der Waals surface area contributed by atoms with E-state index in [9.17, 15) is 10.1 Å². The van der Waals surface area contributed by atoms with E-state index in [2.05, 4.69) is 21.2 Å². The third kappa shape index (κ3) is 5.08. The Hall–Kier alpha value is -1.84. The number of carbonyl (C=O) groups is 1. The van der Waals surface area contributed by atoms with Gasteiger partial charge >= 0.3 is 0 Å². The fourth-order valence-corrected chi connectivity index (χ4v) is 3.22. The third-order valence-corrected chi connectivity index (χ3v) is 4.57. The second-order valence-electron chi connectivity index (χ2n) is 5.93. The smallest absolute Gasteiger partial charge is 0.266 e. The normalized spacial score (nSPS) is 21.2. The lowest BCUT2D eigenvalue weighted by molar-refractivity contribution is -0.138. The molecule has 2 atom stereocenters. The number of rotatable bonds is 5. The topological polar surface area (TPSA) is 65.4 Å². The summed E-state index contributed by atoms with van der Waals surface area (Å²) in [6.07, 6.45) is 2.29. The average Bonchev–Trinajstić information content (AvgIpc) is 2.55. The first kappa shape index (κ1) is 18.5. The summed E-state index contributed by atoms with van der Waals surface area (Å²) in [6.45, 7) is 5.54. The van der Waals surface area contributed by atoms with Crippen LogP contribution in [-0.2, 0) is 16.0 Å². The van der Waals surface area contributed by atoms with E-state index in [1.54, 1.807) is 4.90 Å². The van der Waals surface area contributed by atoms with Crippen LogP contribution in [0.4, 0.5) is 0 Å². The third-order valence-electron chi connectivity index (χ3n) is 3.80. The minimum Gasteiger partial charge on any atom is -0.389 e. The highest BCUT2D eigenvalue weighted by Gasteiger charge is 2.27. The van der Waals surface area contributed by atoms with Crippen LogP contribution in [0.25, 0.3) is 0 Å². The molecule has 1 N–H and O–H groups in total. The molecule has 1 aromatic rings. The molecule has 0 aliphatic carbocycles. The Kier molecular flexibility index (Phi) is 6.83. The van der Waals surface area contributed by atoms with E-state index in [1.807, 2.05) is 44.2 Å². The number of hydrogen-bond acceptors (Lipinski definition) is 4. The summed E-state index contributed by atoms with van der Waals surface area (Å²) in [5.74, 6) is -0.243. The standard InChI is InChI=1S/C18H22BrN3O2/c1-13-11-22(12-14(2)24-13)18(23)16(9-20)10-21-8-7-15-5-3-4-6-17(15)19/h3-6,10,13-14,21H,7-8,11-12H2,1-2H3/b16-10-. The number of carbonyl (C=O) groups excluding carboxylic acids is 1. The lowest BCUT2D eigenvalue weighted by Gasteiger charge is -2.35. The van der Waals surface area contributed by atoms with Crippen molar-refractivity contribution in [3.63, 3.8) is 0 Å². The highest BCUT2D eigenvalue weighted by Crippen LogP contribution is 2.16. The maximum atomic E-state index is 12.5. The van der Waals surface area contributed by atoms with E-state index in [0.29, 0.717) is 19.6 Å². The molecule has 0 saturated carbocycles. The Labute approximate surface area is 151 Å². The number of benzene rings is 1. The van der Waals surface area contributed by atoms with E-state index >= 15 is 0 Å². The minimum atomic E-state index is -0.243. The van der Waals surface area contributed by atoms with Gasteiger partial charge in [0.2, 0.25) is 0 Å². The molecular formula is C18H22BrN3O2. The molecule has 1 aliphatic heterocycles. The molecule has 0 bridgehead atoms. The second-order valence-corrected chi connectivity index (χ2v) is 6.79. The van der Waals surface area contributed by atoms with E-state index < -0.39 is 0 Å². The van der Waals surface area contributed by atoms with Crippen molar-refractivity contribution in [2.24, 2.45) is 0 Å². The quantitative estimate of drug-likeness (QED) is 0.475. The monoisotopic (exact) mass is 391 g/mol. The molecular weight excluding hydrogens is 370 g/mol. The van der Waals surface area contributed by atoms with Gasteiger partial charge in [-0.05, 0) is 31.9 Å². The second kappa shape index (κ2) is 8.86. The number of morpholine rings is 1. The highest BCUT2D eigenvalue weighted by molar-refractivity contribution is 9.10. The summed E-state index contributed by atoms with van der Waals surface area (Å²) < 4.78 is 6.68. The van der Waals surface area contributed by atoms with Gasteiger partial charge in [-0.1, -0.05) is 34.1 Å². The summed E-state index contributed by atoms with van der Waals surface area (Å²) in [5, 5.41) is 12.3. The van der Waals surface area contributed by atoms with Crippen LogP contribution < -0.4 is 5.32 Å². The molecule has 0 spiro atoms. The number of ether oxygens (including phenoxy) is 1. The Balaban J connectivity index is 1.90. The number of hydrogen-bond donors (Lipinski definition) is 1. The van der Waals surface area contributed by atoms with Crippen molar-refractivity contribution in [2.75, 3.05) is 19.6 Å². The molecule has 2 unspecified atom stereocenters. The van der Waals surface area contributed by atoms with Gasteiger partial charge in [0.05, 0.1) is 12.2 Å². The molecule has 6 heteroatoms. The van der Waals surface area contributed by atoms with Gasteiger partial charge in [0.25, 0.3) is 5.91 Å². The van der Waals surface area contributed by atoms with Crippen molar-refractivity contribution in [3.8, 4) is 6.07 Å². The summed E-state index contributed by atoms with van der Waals surface area (Å²) in [6, 6.07) is 9.99. The molecule has 1 fully saturated rings. The van der Waals surface area contributed by atoms with Gasteiger partial charge in [-0.15, -0.1) is 0 Å². The Morgan fingerprint density at radius 1 is 1.42 bits per heavy atom. The molecule has 1 saturated heterocycles. The Bertz CT molecular complexity index is 644. The van der Waals surface area contributed by atoms with E-state index in [-0.39, 0.29) is 23.7 Å². The zero-order valence-corrected chi connectivity index (χ0v) is 15.5. The van der Waals surface area contributed by atoms with Crippen LogP contribution in [0.3, 0.4) is 0 Å². The lowest BCUT2D eigenvalue weighted by atomic mass is 10.1. The van der Waals surface area contributed by atoms with E-state index in [1.165, 1.54) is 11.8 Å². The summed E-state index contributed by atoms with van der Waals surface area (Å²) in [5.41, 5.74) is 1.31. The molecule has 0 aromatic heterocycles. The lowest BCUT2D eigenvalue weighted by Crippen LogP contribution is -2.48. The molecule has 1 aromatic carbocycles. The van der Waals surface area contributed by atoms with Crippen molar-refractivity contribution in [1.29, 1.82) is 5.26 Å². The average molecular weight is 392 g/mol. The van der Waals surface area contributed by atoms with Gasteiger partial charge in [-0.3, -0.25) is 4.79 Å². The number of nitrogens with zero attached hydrogens (tertiary/aromatic N) is 2. The molecule has 0 radical (unpaired) electrons. The zero-order chi connectivity index (χ0) is 17.5. The van der Waals surface area contributed by atoms with Crippen molar-refractivity contribution in [1.82, 2.24) is 10.2 Å². The highest BCUT2D eigenvalue weighted by atomic mass is 79.9. The first-order valence-electron chi connectivity index (χ1n) is 8.03. The first-order chi connectivity index (χ1) is 11.5. The van der Waals surface area contributed by atoms with Crippen LogP contribution in [-0.4, -0.2) is 42.6 Å². The Morgan fingerprint density at radius 3 is 2.71 bits per heavy atom. The number of amides is 1. The SMILES string of the molecule is CC1CN(C(=O)/C(C#N)=C\NCCc2ccccc2Br)CC(C)O1. The predicted octanol–water partition coefficient (Wildman–Crippen LogP) is 2.62. The van der Waals surface area contributed by atoms with Crippen LogP contribution >= 0.6 is 15.9 Å². The number of halogens is 1. The largest absolute Gasteiger partial charge is 0.389 e. The van der Waals surface area contributed by atoms with E-state index in [4.69, 9.17) is 4.74 Å². The van der Waals surface area contributed by atoms with Crippen LogP contribution in [0.1, 0.15) is 19.4 Å². The fraction of sp³-hybridized carbons (Fsp3) is 0.444. The summed E-state index contributed by atoms with van der Waals surface area (Å²) >= 11 is 3.51. The van der Waals surface area contributed by atoms with Gasteiger partial charge < -0.3 is 15.0 Å². The van der Waals surface area contributed by atoms with Crippen molar-refractivity contribution < 1.29 is 9.53 Å². The molecule has 5 nitrogen and oxygen atoms in total. The van der Waals surface area contributed by atoms with Crippen LogP contribution in [0, 0.1) is 11.3 Å². The Morgan fingerprint density at radius 2 is 2.08 bits per heavy atom. The van der Waals surface area contributed by atoms with Gasteiger partial charge in [-0.2, -0.15) is 5.26 Å². The maximum Gasteiger partial charge on any atom is 0.266 e. The van der Waals surface area contributed by atoms with Gasteiger partial charge in [-0.25, -0.2) is 0 Å². The van der Waals surface area contributed by atoms with Gasteiger partial charge in [0.15, 0.2) is 0 Å². The minimum absolute atomic E-state index is 0.0129. The van der Waals surface area contributed by atoms with Crippen LogP contribution in [0.15, 0.2) is 40.5 Å². The first-order valence-corrected chi connectivity index (χ1v) is 8.82. The van der Waals surface area contributed by atoms with Crippen LogP contribution in [0.5, 0.6) is 0 Å². The molecule has 1 amide bonds. The summed E-state index contributed by atoms with van der Waals surface area (Å²) in [7, 11) is 0. The van der Waals surface area contributed by atoms with Crippen molar-refractivity contribution in [3.05, 3.63) is 46.1 Å². The summed E-state index contributed by atoms with van der Waals surface area (Å²) in [4.78, 5) is 14.2. The fourth-order valence-electron chi connectivity index (χ4n) is 2.74. The molecule has 1 heterocycles. The maximum absolute atomic E-state index is 12.5. The van der Waals surface area contributed by atoms with Crippen molar-refractivity contribution >= 4 is 21.8 Å².